The molecular formula is C10H12N4O3S. The van der Waals surface area contributed by atoms with E-state index in [4.69, 9.17) is 10.4 Å². The zero-order valence-corrected chi connectivity index (χ0v) is 10.5. The van der Waals surface area contributed by atoms with E-state index in [2.05, 4.69) is 10.4 Å². The molecule has 0 aromatic carbocycles. The van der Waals surface area contributed by atoms with Gasteiger partial charge in [-0.2, -0.15) is 10.4 Å². The van der Waals surface area contributed by atoms with E-state index in [1.54, 1.807) is 7.05 Å². The number of carboxylic acids is 1. The maximum Gasteiger partial charge on any atom is 0.331 e. The van der Waals surface area contributed by atoms with Crippen molar-refractivity contribution in [1.82, 2.24) is 15.1 Å². The van der Waals surface area contributed by atoms with Crippen molar-refractivity contribution < 1.29 is 14.7 Å². The predicted octanol–water partition coefficient (Wildman–Crippen LogP) is -0.0812. The van der Waals surface area contributed by atoms with Crippen LogP contribution in [-0.4, -0.2) is 38.3 Å². The molecule has 0 bridgehead atoms. The summed E-state index contributed by atoms with van der Waals surface area (Å²) in [5, 5.41) is 23.6. The molecule has 1 rings (SSSR count). The van der Waals surface area contributed by atoms with Crippen LogP contribution in [0.1, 0.15) is 11.6 Å². The molecule has 1 amide bonds. The summed E-state index contributed by atoms with van der Waals surface area (Å²) >= 11 is 1.13. The van der Waals surface area contributed by atoms with Gasteiger partial charge in [-0.05, 0) is 0 Å². The molecule has 96 valence electrons. The number of thioether (sulfide) groups is 1. The third-order valence-corrected chi connectivity index (χ3v) is 2.81. The van der Waals surface area contributed by atoms with Gasteiger partial charge in [0.25, 0.3) is 0 Å². The Hall–Kier alpha value is -2.01. The monoisotopic (exact) mass is 268 g/mol. The molecule has 0 fully saturated rings. The molecule has 8 heteroatoms. The average Bonchev–Trinajstić information content (AvgIpc) is 2.72. The number of aryl methyl sites for hydroxylation is 1. The number of hydrogen-bond donors (Lipinski definition) is 2. The highest BCUT2D eigenvalue weighted by molar-refractivity contribution is 8.00. The lowest BCUT2D eigenvalue weighted by Crippen LogP contribution is -2.34. The van der Waals surface area contributed by atoms with E-state index in [0.29, 0.717) is 5.56 Å². The van der Waals surface area contributed by atoms with E-state index < -0.39 is 17.9 Å². The number of carbonyl (C=O) groups excluding carboxylic acids is 1. The molecule has 0 radical (unpaired) electrons. The Morgan fingerprint density at radius 3 is 2.94 bits per heavy atom. The molecule has 0 spiro atoms. The van der Waals surface area contributed by atoms with Crippen molar-refractivity contribution in [2.45, 2.75) is 6.04 Å². The van der Waals surface area contributed by atoms with Crippen LogP contribution in [0.15, 0.2) is 12.4 Å². The van der Waals surface area contributed by atoms with Crippen LogP contribution in [0.25, 0.3) is 0 Å². The van der Waals surface area contributed by atoms with E-state index in [-0.39, 0.29) is 11.5 Å². The summed E-state index contributed by atoms with van der Waals surface area (Å²) in [5.74, 6) is -1.33. The van der Waals surface area contributed by atoms with Crippen LogP contribution in [0.3, 0.4) is 0 Å². The Labute approximate surface area is 108 Å². The first kappa shape index (κ1) is 14.1. The smallest absolute Gasteiger partial charge is 0.331 e. The highest BCUT2D eigenvalue weighted by Crippen LogP contribution is 2.12. The highest BCUT2D eigenvalue weighted by atomic mass is 32.2. The fourth-order valence-corrected chi connectivity index (χ4v) is 1.73. The fourth-order valence-electron chi connectivity index (χ4n) is 1.27. The summed E-state index contributed by atoms with van der Waals surface area (Å²) in [7, 11) is 1.66. The van der Waals surface area contributed by atoms with Gasteiger partial charge in [-0.15, -0.1) is 11.8 Å². The maximum absolute atomic E-state index is 11.5. The minimum absolute atomic E-state index is 0.0532. The lowest BCUT2D eigenvalue weighted by molar-refractivity contribution is -0.141. The largest absolute Gasteiger partial charge is 0.479 e. The van der Waals surface area contributed by atoms with Gasteiger partial charge in [-0.1, -0.05) is 0 Å². The number of amides is 1. The highest BCUT2D eigenvalue weighted by Gasteiger charge is 2.23. The number of aromatic nitrogens is 2. The van der Waals surface area contributed by atoms with E-state index in [9.17, 15) is 9.59 Å². The third kappa shape index (κ3) is 4.10. The maximum atomic E-state index is 11.5. The summed E-state index contributed by atoms with van der Waals surface area (Å²) in [6, 6.07) is 0.771. The van der Waals surface area contributed by atoms with Crippen LogP contribution in [0.4, 0.5) is 0 Å². The molecule has 1 aromatic rings. The topological polar surface area (TPSA) is 108 Å². The zero-order valence-electron chi connectivity index (χ0n) is 9.66. The van der Waals surface area contributed by atoms with Gasteiger partial charge < -0.3 is 10.4 Å². The third-order valence-electron chi connectivity index (χ3n) is 2.01. The van der Waals surface area contributed by atoms with Crippen LogP contribution in [-0.2, 0) is 16.6 Å². The van der Waals surface area contributed by atoms with Crippen molar-refractivity contribution in [3.8, 4) is 6.07 Å². The van der Waals surface area contributed by atoms with Crippen LogP contribution in [0.5, 0.6) is 0 Å². The quantitative estimate of drug-likeness (QED) is 0.698. The van der Waals surface area contributed by atoms with Crippen LogP contribution < -0.4 is 5.32 Å². The minimum Gasteiger partial charge on any atom is -0.479 e. The molecular weight excluding hydrogens is 256 g/mol. The molecule has 0 saturated heterocycles. The number of carbonyl (C=O) groups is 2. The normalized spacial score (nSPS) is 11.6. The lowest BCUT2D eigenvalue weighted by Gasteiger charge is -2.12. The van der Waals surface area contributed by atoms with E-state index in [1.807, 2.05) is 6.07 Å². The van der Waals surface area contributed by atoms with E-state index >= 15 is 0 Å². The Kier molecular flexibility index (Phi) is 5.20. The molecule has 18 heavy (non-hydrogen) atoms. The van der Waals surface area contributed by atoms with Gasteiger partial charge in [0.15, 0.2) is 6.04 Å². The van der Waals surface area contributed by atoms with Gasteiger partial charge in [0.05, 0.1) is 23.8 Å². The summed E-state index contributed by atoms with van der Waals surface area (Å²) < 4.78 is 1.46. The molecule has 0 aliphatic carbocycles. The Morgan fingerprint density at radius 1 is 1.72 bits per heavy atom. The molecule has 0 saturated carbocycles. The standard InChI is InChI=1S/C10H12N4O3S/c1-14-5-7(4-12-14)9(10(16)17)13-8(15)6-18-3-2-11/h4-5,9H,3,6H2,1H3,(H,13,15)(H,16,17). The number of carboxylic acid groups (broad SMARTS) is 1. The fraction of sp³-hybridized carbons (Fsp3) is 0.400. The van der Waals surface area contributed by atoms with Crippen LogP contribution in [0, 0.1) is 11.3 Å². The van der Waals surface area contributed by atoms with Gasteiger partial charge in [0.1, 0.15) is 0 Å². The molecule has 1 heterocycles. The van der Waals surface area contributed by atoms with Crippen molar-refractivity contribution in [2.24, 2.45) is 7.05 Å². The van der Waals surface area contributed by atoms with Crippen molar-refractivity contribution in [2.75, 3.05) is 11.5 Å². The lowest BCUT2D eigenvalue weighted by atomic mass is 10.1. The predicted molar refractivity (Wildman–Crippen MR) is 64.7 cm³/mol. The molecule has 2 N–H and O–H groups in total. The summed E-state index contributed by atoms with van der Waals surface area (Å²) in [4.78, 5) is 22.5. The number of hydrogen-bond acceptors (Lipinski definition) is 5. The van der Waals surface area contributed by atoms with Crippen molar-refractivity contribution in [3.63, 3.8) is 0 Å². The number of rotatable bonds is 6. The van der Waals surface area contributed by atoms with Crippen LogP contribution >= 0.6 is 11.8 Å². The molecule has 1 unspecified atom stereocenters. The summed E-state index contributed by atoms with van der Waals surface area (Å²) in [6.07, 6.45) is 2.92. The molecule has 0 aliphatic heterocycles. The van der Waals surface area contributed by atoms with Gasteiger partial charge >= 0.3 is 5.97 Å². The molecule has 1 atom stereocenters. The van der Waals surface area contributed by atoms with Gasteiger partial charge in [-0.25, -0.2) is 4.79 Å². The van der Waals surface area contributed by atoms with Crippen LogP contribution in [0.2, 0.25) is 0 Å². The SMILES string of the molecule is Cn1cc(C(NC(=O)CSCC#N)C(=O)O)cn1. The second kappa shape index (κ2) is 6.66. The first-order valence-electron chi connectivity index (χ1n) is 5.00. The number of nitrogens with one attached hydrogen (secondary N) is 1. The zero-order chi connectivity index (χ0) is 13.5. The van der Waals surface area contributed by atoms with E-state index in [1.165, 1.54) is 17.1 Å². The Balaban J connectivity index is 2.62. The van der Waals surface area contributed by atoms with Gasteiger partial charge in [0.2, 0.25) is 5.91 Å². The van der Waals surface area contributed by atoms with E-state index in [0.717, 1.165) is 11.8 Å². The Bertz CT molecular complexity index is 480. The number of nitrogens with zero attached hydrogens (tertiary/aromatic N) is 3. The van der Waals surface area contributed by atoms with Crippen molar-refractivity contribution >= 4 is 23.6 Å². The minimum atomic E-state index is -1.15. The number of nitriles is 1. The first-order valence-corrected chi connectivity index (χ1v) is 6.15. The van der Waals surface area contributed by atoms with Crippen molar-refractivity contribution in [3.05, 3.63) is 18.0 Å². The molecule has 0 aliphatic rings. The first-order chi connectivity index (χ1) is 8.54. The summed E-state index contributed by atoms with van der Waals surface area (Å²) in [5.41, 5.74) is 0.406. The van der Waals surface area contributed by atoms with Crippen molar-refractivity contribution in [1.29, 1.82) is 5.26 Å². The number of aliphatic carboxylic acids is 1. The average molecular weight is 268 g/mol. The molecule has 1 aromatic heterocycles. The second-order valence-electron chi connectivity index (χ2n) is 3.44. The van der Waals surface area contributed by atoms with Gasteiger partial charge in [-0.3, -0.25) is 9.48 Å². The second-order valence-corrected chi connectivity index (χ2v) is 4.42. The van der Waals surface area contributed by atoms with Gasteiger partial charge in [0, 0.05) is 18.8 Å². The Morgan fingerprint density at radius 2 is 2.44 bits per heavy atom. The summed E-state index contributed by atoms with van der Waals surface area (Å²) in [6.45, 7) is 0. The molecule has 7 nitrogen and oxygen atoms in total.